The quantitative estimate of drug-likeness (QED) is 0.759. The molecular formula is C16H22ClNO2. The minimum Gasteiger partial charge on any atom is -0.396 e. The van der Waals surface area contributed by atoms with Crippen molar-refractivity contribution in [3.63, 3.8) is 0 Å². The van der Waals surface area contributed by atoms with Gasteiger partial charge >= 0.3 is 0 Å². The van der Waals surface area contributed by atoms with E-state index in [0.29, 0.717) is 11.6 Å². The van der Waals surface area contributed by atoms with Crippen molar-refractivity contribution in [1.82, 2.24) is 5.32 Å². The van der Waals surface area contributed by atoms with Crippen LogP contribution in [0.3, 0.4) is 0 Å². The van der Waals surface area contributed by atoms with Crippen molar-refractivity contribution in [2.45, 2.75) is 26.7 Å². The second kappa shape index (κ2) is 8.08. The molecule has 0 saturated heterocycles. The van der Waals surface area contributed by atoms with Crippen LogP contribution in [-0.2, 0) is 4.79 Å². The number of hydrogen-bond acceptors (Lipinski definition) is 2. The molecular weight excluding hydrogens is 274 g/mol. The summed E-state index contributed by atoms with van der Waals surface area (Å²) < 4.78 is 0. The highest BCUT2D eigenvalue weighted by Gasteiger charge is 2.17. The van der Waals surface area contributed by atoms with Crippen LogP contribution in [0, 0.1) is 5.41 Å². The lowest BCUT2D eigenvalue weighted by molar-refractivity contribution is -0.116. The molecule has 0 unspecified atom stereocenters. The lowest BCUT2D eigenvalue weighted by Crippen LogP contribution is -2.33. The van der Waals surface area contributed by atoms with Gasteiger partial charge in [0.15, 0.2) is 0 Å². The molecule has 0 aliphatic carbocycles. The standard InChI is InChI=1S/C16H22ClNO2/c1-16(2,9-4-10-19)12-18-15(20)8-7-13-5-3-6-14(17)11-13/h3,5-8,11,19H,4,9-10,12H2,1-2H3,(H,18,20)/b8-7+. The third-order valence-electron chi connectivity index (χ3n) is 3.03. The summed E-state index contributed by atoms with van der Waals surface area (Å²) >= 11 is 5.87. The summed E-state index contributed by atoms with van der Waals surface area (Å²) in [7, 11) is 0. The maximum absolute atomic E-state index is 11.7. The van der Waals surface area contributed by atoms with E-state index in [9.17, 15) is 4.79 Å². The summed E-state index contributed by atoms with van der Waals surface area (Å²) in [6, 6.07) is 7.33. The summed E-state index contributed by atoms with van der Waals surface area (Å²) in [6.45, 7) is 4.92. The molecule has 0 atom stereocenters. The Morgan fingerprint density at radius 1 is 1.45 bits per heavy atom. The van der Waals surface area contributed by atoms with E-state index in [-0.39, 0.29) is 17.9 Å². The van der Waals surface area contributed by atoms with E-state index < -0.39 is 0 Å². The summed E-state index contributed by atoms with van der Waals surface area (Å²) in [5.41, 5.74) is 0.884. The van der Waals surface area contributed by atoms with Gasteiger partial charge in [-0.2, -0.15) is 0 Å². The van der Waals surface area contributed by atoms with E-state index in [1.807, 2.05) is 12.1 Å². The van der Waals surface area contributed by atoms with E-state index in [2.05, 4.69) is 19.2 Å². The first kappa shape index (κ1) is 16.7. The van der Waals surface area contributed by atoms with Crippen molar-refractivity contribution in [2.24, 2.45) is 5.41 Å². The third kappa shape index (κ3) is 6.73. The first-order chi connectivity index (χ1) is 9.43. The van der Waals surface area contributed by atoms with Crippen LogP contribution in [0.25, 0.3) is 6.08 Å². The molecule has 0 aromatic heterocycles. The molecule has 0 heterocycles. The van der Waals surface area contributed by atoms with Gasteiger partial charge in [-0.3, -0.25) is 4.79 Å². The van der Waals surface area contributed by atoms with Gasteiger partial charge in [0.25, 0.3) is 0 Å². The highest BCUT2D eigenvalue weighted by atomic mass is 35.5. The molecule has 1 aromatic rings. The van der Waals surface area contributed by atoms with E-state index in [1.165, 1.54) is 6.08 Å². The molecule has 0 radical (unpaired) electrons. The number of nitrogens with one attached hydrogen (secondary N) is 1. The van der Waals surface area contributed by atoms with Crippen LogP contribution >= 0.6 is 11.6 Å². The lowest BCUT2D eigenvalue weighted by Gasteiger charge is -2.24. The minimum atomic E-state index is -0.123. The number of carbonyl (C=O) groups is 1. The first-order valence-electron chi connectivity index (χ1n) is 6.75. The van der Waals surface area contributed by atoms with Gasteiger partial charge in [0.2, 0.25) is 5.91 Å². The van der Waals surface area contributed by atoms with Gasteiger partial charge in [0.05, 0.1) is 0 Å². The number of rotatable bonds is 7. The maximum Gasteiger partial charge on any atom is 0.244 e. The number of halogens is 1. The fraction of sp³-hybridized carbons (Fsp3) is 0.438. The zero-order valence-electron chi connectivity index (χ0n) is 12.0. The molecule has 0 aliphatic rings. The summed E-state index contributed by atoms with van der Waals surface area (Å²) in [5, 5.41) is 12.4. The zero-order chi connectivity index (χ0) is 15.0. The lowest BCUT2D eigenvalue weighted by atomic mass is 9.88. The first-order valence-corrected chi connectivity index (χ1v) is 7.13. The molecule has 0 aliphatic heterocycles. The molecule has 1 amide bonds. The highest BCUT2D eigenvalue weighted by molar-refractivity contribution is 6.30. The average molecular weight is 296 g/mol. The number of amides is 1. The summed E-state index contributed by atoms with van der Waals surface area (Å²) in [6.07, 6.45) is 4.87. The van der Waals surface area contributed by atoms with Gasteiger partial charge in [0.1, 0.15) is 0 Å². The molecule has 3 nitrogen and oxygen atoms in total. The maximum atomic E-state index is 11.7. The molecule has 4 heteroatoms. The van der Waals surface area contributed by atoms with Gasteiger partial charge in [-0.05, 0) is 42.0 Å². The van der Waals surface area contributed by atoms with Gasteiger partial charge in [-0.1, -0.05) is 37.6 Å². The zero-order valence-corrected chi connectivity index (χ0v) is 12.8. The second-order valence-electron chi connectivity index (χ2n) is 5.60. The van der Waals surface area contributed by atoms with Gasteiger partial charge in [0, 0.05) is 24.3 Å². The number of aliphatic hydroxyl groups excluding tert-OH is 1. The Bertz CT molecular complexity index is 469. The predicted molar refractivity (Wildman–Crippen MR) is 83.6 cm³/mol. The second-order valence-corrected chi connectivity index (χ2v) is 6.03. The molecule has 20 heavy (non-hydrogen) atoms. The minimum absolute atomic E-state index is 0.0116. The van der Waals surface area contributed by atoms with Gasteiger partial charge < -0.3 is 10.4 Å². The number of benzene rings is 1. The fourth-order valence-electron chi connectivity index (χ4n) is 1.81. The van der Waals surface area contributed by atoms with Gasteiger partial charge in [-0.25, -0.2) is 0 Å². The monoisotopic (exact) mass is 295 g/mol. The Morgan fingerprint density at radius 2 is 2.20 bits per heavy atom. The topological polar surface area (TPSA) is 49.3 Å². The Labute approximate surface area is 125 Å². The van der Waals surface area contributed by atoms with Crippen molar-refractivity contribution < 1.29 is 9.90 Å². The Morgan fingerprint density at radius 3 is 2.85 bits per heavy atom. The fourth-order valence-corrected chi connectivity index (χ4v) is 2.01. The van der Waals surface area contributed by atoms with Crippen molar-refractivity contribution in [3.8, 4) is 0 Å². The Hall–Kier alpha value is -1.32. The van der Waals surface area contributed by atoms with Crippen LogP contribution in [0.15, 0.2) is 30.3 Å². The van der Waals surface area contributed by atoms with Crippen molar-refractivity contribution in [2.75, 3.05) is 13.2 Å². The smallest absolute Gasteiger partial charge is 0.244 e. The molecule has 2 N–H and O–H groups in total. The average Bonchev–Trinajstić information content (AvgIpc) is 2.41. The summed E-state index contributed by atoms with van der Waals surface area (Å²) in [4.78, 5) is 11.7. The molecule has 0 bridgehead atoms. The van der Waals surface area contributed by atoms with Gasteiger partial charge in [-0.15, -0.1) is 0 Å². The van der Waals surface area contributed by atoms with E-state index >= 15 is 0 Å². The van der Waals surface area contributed by atoms with E-state index in [1.54, 1.807) is 18.2 Å². The van der Waals surface area contributed by atoms with Crippen LogP contribution in [0.4, 0.5) is 0 Å². The number of carbonyl (C=O) groups excluding carboxylic acids is 1. The van der Waals surface area contributed by atoms with Crippen LogP contribution in [-0.4, -0.2) is 24.2 Å². The van der Waals surface area contributed by atoms with Crippen molar-refractivity contribution >= 4 is 23.6 Å². The number of aliphatic hydroxyl groups is 1. The highest BCUT2D eigenvalue weighted by Crippen LogP contribution is 2.20. The van der Waals surface area contributed by atoms with Crippen molar-refractivity contribution in [3.05, 3.63) is 40.9 Å². The third-order valence-corrected chi connectivity index (χ3v) is 3.26. The summed E-state index contributed by atoms with van der Waals surface area (Å²) in [5.74, 6) is -0.123. The van der Waals surface area contributed by atoms with Crippen molar-refractivity contribution in [1.29, 1.82) is 0 Å². The number of hydrogen-bond donors (Lipinski definition) is 2. The molecule has 0 saturated carbocycles. The van der Waals surface area contributed by atoms with Crippen LogP contribution in [0.5, 0.6) is 0 Å². The molecule has 110 valence electrons. The molecule has 1 aromatic carbocycles. The molecule has 0 spiro atoms. The Kier molecular flexibility index (Phi) is 6.76. The van der Waals surface area contributed by atoms with Crippen LogP contribution < -0.4 is 5.32 Å². The van der Waals surface area contributed by atoms with E-state index in [0.717, 1.165) is 18.4 Å². The SMILES string of the molecule is CC(C)(CCCO)CNC(=O)/C=C/c1cccc(Cl)c1. The largest absolute Gasteiger partial charge is 0.396 e. The molecule has 1 rings (SSSR count). The molecule has 0 fully saturated rings. The predicted octanol–water partition coefficient (Wildman–Crippen LogP) is 3.27. The normalized spacial score (nSPS) is 11.8. The van der Waals surface area contributed by atoms with Crippen LogP contribution in [0.1, 0.15) is 32.3 Å². The van der Waals surface area contributed by atoms with Crippen LogP contribution in [0.2, 0.25) is 5.02 Å². The van der Waals surface area contributed by atoms with E-state index in [4.69, 9.17) is 16.7 Å². The Balaban J connectivity index is 2.44.